The van der Waals surface area contributed by atoms with E-state index >= 15 is 4.39 Å². The van der Waals surface area contributed by atoms with Crippen molar-refractivity contribution in [2.45, 2.75) is 51.6 Å². The van der Waals surface area contributed by atoms with Gasteiger partial charge < -0.3 is 9.47 Å². The summed E-state index contributed by atoms with van der Waals surface area (Å²) in [6.45, 7) is 2.76. The Balaban J connectivity index is 1.45. The van der Waals surface area contributed by atoms with Crippen LogP contribution in [-0.2, 0) is 11.2 Å². The molecule has 3 nitrogen and oxygen atoms in total. The van der Waals surface area contributed by atoms with Gasteiger partial charge in [0.2, 0.25) is 0 Å². The van der Waals surface area contributed by atoms with E-state index in [0.29, 0.717) is 36.3 Å². The van der Waals surface area contributed by atoms with Crippen molar-refractivity contribution in [3.8, 4) is 16.9 Å². The fourth-order valence-electron chi connectivity index (χ4n) is 4.80. The molecule has 0 N–H and O–H groups in total. The Morgan fingerprint density at radius 2 is 1.73 bits per heavy atom. The van der Waals surface area contributed by atoms with Crippen LogP contribution in [0.15, 0.2) is 60.7 Å². The molecule has 1 saturated heterocycles. The monoisotopic (exact) mass is 562 g/mol. The lowest BCUT2D eigenvalue weighted by Crippen LogP contribution is -2.20. The number of hydrogen-bond donors (Lipinski definition) is 0. The summed E-state index contributed by atoms with van der Waals surface area (Å²) < 4.78 is 93.7. The van der Waals surface area contributed by atoms with Crippen LogP contribution in [0.2, 0.25) is 0 Å². The van der Waals surface area contributed by atoms with Crippen molar-refractivity contribution in [1.82, 2.24) is 0 Å². The molecule has 0 amide bonds. The third-order valence-corrected chi connectivity index (χ3v) is 6.86. The molecule has 0 aliphatic carbocycles. The molecular weight excluding hydrogens is 534 g/mol. The molecule has 1 aliphatic rings. The number of halogens is 6. The number of hydrogen-bond acceptors (Lipinski definition) is 3. The van der Waals surface area contributed by atoms with Crippen LogP contribution in [0.3, 0.4) is 0 Å². The molecule has 1 aliphatic heterocycles. The number of rotatable bonds is 9. The summed E-state index contributed by atoms with van der Waals surface area (Å²) in [5.41, 5.74) is -0.00184. The Hall–Kier alpha value is -3.59. The largest absolute Gasteiger partial charge is 0.423 e. The van der Waals surface area contributed by atoms with E-state index < -0.39 is 59.0 Å². The zero-order valence-electron chi connectivity index (χ0n) is 21.7. The van der Waals surface area contributed by atoms with Crippen molar-refractivity contribution in [2.24, 2.45) is 5.92 Å². The molecule has 3 aromatic carbocycles. The highest BCUT2D eigenvalue weighted by atomic mass is 19.3. The predicted octanol–water partition coefficient (Wildman–Crippen LogP) is 8.76. The summed E-state index contributed by atoms with van der Waals surface area (Å²) in [6.07, 6.45) is 1.99. The second kappa shape index (κ2) is 13.2. The third kappa shape index (κ3) is 7.13. The molecule has 2 atom stereocenters. The summed E-state index contributed by atoms with van der Waals surface area (Å²) in [4.78, 5) is 12.5. The molecule has 0 aromatic heterocycles. The van der Waals surface area contributed by atoms with Gasteiger partial charge in [-0.25, -0.2) is 31.1 Å². The first kappa shape index (κ1) is 29.4. The first-order valence-electron chi connectivity index (χ1n) is 13.0. The van der Waals surface area contributed by atoms with Gasteiger partial charge in [-0.3, -0.25) is 0 Å². The Kier molecular flexibility index (Phi) is 9.68. The Morgan fingerprint density at radius 1 is 0.975 bits per heavy atom. The number of carbonyl (C=O) groups is 1. The van der Waals surface area contributed by atoms with Gasteiger partial charge in [0, 0.05) is 23.3 Å². The molecule has 4 rings (SSSR count). The van der Waals surface area contributed by atoms with Gasteiger partial charge in [-0.2, -0.15) is 0 Å². The van der Waals surface area contributed by atoms with Crippen molar-refractivity contribution in [2.75, 3.05) is 6.61 Å². The maximum Gasteiger partial charge on any atom is 0.346 e. The summed E-state index contributed by atoms with van der Waals surface area (Å²) in [7, 11) is 0. The molecule has 0 radical (unpaired) electrons. The number of carbonyl (C=O) groups excluding carboxylic acids is 1. The molecule has 1 heterocycles. The van der Waals surface area contributed by atoms with Gasteiger partial charge in [0.1, 0.15) is 29.0 Å². The number of benzene rings is 3. The molecule has 2 unspecified atom stereocenters. The third-order valence-electron chi connectivity index (χ3n) is 6.86. The van der Waals surface area contributed by atoms with Crippen LogP contribution in [0.25, 0.3) is 11.1 Å². The molecule has 1 fully saturated rings. The number of alkyl halides is 2. The normalized spacial score (nSPS) is 17.5. The zero-order valence-corrected chi connectivity index (χ0v) is 21.7. The molecule has 0 bridgehead atoms. The van der Waals surface area contributed by atoms with Gasteiger partial charge in [0.25, 0.3) is 6.43 Å². The maximum atomic E-state index is 15.0. The summed E-state index contributed by atoms with van der Waals surface area (Å²) in [5, 5.41) is 0. The molecule has 0 saturated carbocycles. The van der Waals surface area contributed by atoms with Crippen molar-refractivity contribution >= 4 is 5.97 Å². The van der Waals surface area contributed by atoms with E-state index in [1.165, 1.54) is 18.2 Å². The second-order valence-corrected chi connectivity index (χ2v) is 9.71. The first-order valence-corrected chi connectivity index (χ1v) is 13.0. The van der Waals surface area contributed by atoms with E-state index in [1.54, 1.807) is 6.07 Å². The Labute approximate surface area is 228 Å². The zero-order chi connectivity index (χ0) is 28.8. The topological polar surface area (TPSA) is 35.5 Å². The summed E-state index contributed by atoms with van der Waals surface area (Å²) >= 11 is 0. The summed E-state index contributed by atoms with van der Waals surface area (Å²) in [5.74, 6) is -5.05. The van der Waals surface area contributed by atoms with Gasteiger partial charge in [-0.05, 0) is 67.0 Å². The van der Waals surface area contributed by atoms with Crippen molar-refractivity contribution < 1.29 is 40.6 Å². The number of esters is 1. The quantitative estimate of drug-likeness (QED) is 0.113. The lowest BCUT2D eigenvalue weighted by molar-refractivity contribution is -0.0195. The van der Waals surface area contributed by atoms with E-state index in [9.17, 15) is 26.7 Å². The van der Waals surface area contributed by atoms with Crippen LogP contribution in [-0.4, -0.2) is 19.0 Å². The van der Waals surface area contributed by atoms with Gasteiger partial charge in [-0.1, -0.05) is 37.6 Å². The first-order chi connectivity index (χ1) is 19.2. The van der Waals surface area contributed by atoms with E-state index in [1.807, 2.05) is 0 Å². The van der Waals surface area contributed by atoms with Crippen LogP contribution in [0.1, 0.15) is 60.2 Å². The van der Waals surface area contributed by atoms with Crippen molar-refractivity contribution in [3.05, 3.63) is 101 Å². The number of ether oxygens (including phenoxy) is 2. The maximum absolute atomic E-state index is 15.0. The van der Waals surface area contributed by atoms with E-state index in [-0.39, 0.29) is 17.2 Å². The van der Waals surface area contributed by atoms with Crippen LogP contribution in [0.4, 0.5) is 26.3 Å². The molecular formula is C31H28F6O3. The van der Waals surface area contributed by atoms with Crippen molar-refractivity contribution in [1.29, 1.82) is 0 Å². The average Bonchev–Trinajstić information content (AvgIpc) is 2.90. The fourth-order valence-corrected chi connectivity index (χ4v) is 4.80. The van der Waals surface area contributed by atoms with Gasteiger partial charge in [0.05, 0.1) is 18.3 Å². The highest BCUT2D eigenvalue weighted by molar-refractivity contribution is 5.92. The molecule has 0 spiro atoms. The lowest BCUT2D eigenvalue weighted by atomic mass is 9.91. The fraction of sp³-hybridized carbons (Fsp3) is 0.323. The highest BCUT2D eigenvalue weighted by Crippen LogP contribution is 2.35. The minimum Gasteiger partial charge on any atom is -0.423 e. The van der Waals surface area contributed by atoms with Crippen LogP contribution in [0, 0.1) is 29.2 Å². The molecule has 9 heteroatoms. The molecule has 3 aromatic rings. The predicted molar refractivity (Wildman–Crippen MR) is 138 cm³/mol. The van der Waals surface area contributed by atoms with Gasteiger partial charge >= 0.3 is 5.97 Å². The molecule has 212 valence electrons. The van der Waals surface area contributed by atoms with E-state index in [2.05, 4.69) is 6.92 Å². The van der Waals surface area contributed by atoms with Crippen LogP contribution < -0.4 is 4.74 Å². The summed E-state index contributed by atoms with van der Waals surface area (Å²) in [6, 6.07) is 9.45. The number of allylic oxidation sites excluding steroid dienone is 2. The molecule has 40 heavy (non-hydrogen) atoms. The van der Waals surface area contributed by atoms with Crippen molar-refractivity contribution in [3.63, 3.8) is 0 Å². The Morgan fingerprint density at radius 3 is 2.33 bits per heavy atom. The van der Waals surface area contributed by atoms with E-state index in [4.69, 9.17) is 9.47 Å². The van der Waals surface area contributed by atoms with Gasteiger partial charge in [-0.15, -0.1) is 0 Å². The average molecular weight is 563 g/mol. The lowest BCUT2D eigenvalue weighted by Gasteiger charge is -2.29. The van der Waals surface area contributed by atoms with E-state index in [0.717, 1.165) is 43.9 Å². The standard InChI is InChI=1S/C31H28F6O3/c1-2-4-18-7-12-29(39-17-18)20-9-10-22(25(32)14-20)19-8-11-24(26(33)13-19)31(38)40-21-15-27(34)23(28(35)16-21)5-3-6-30(36)37/h3,6,8-11,13-16,18,29-30H,2,4-5,7,12,17H2,1H3. The minimum absolute atomic E-state index is 0.128. The van der Waals surface area contributed by atoms with Crippen LogP contribution in [0.5, 0.6) is 5.75 Å². The van der Waals surface area contributed by atoms with Gasteiger partial charge in [0.15, 0.2) is 0 Å². The Bertz CT molecular complexity index is 1360. The second-order valence-electron chi connectivity index (χ2n) is 9.71. The van der Waals surface area contributed by atoms with Crippen LogP contribution >= 0.6 is 0 Å². The highest BCUT2D eigenvalue weighted by Gasteiger charge is 2.24. The minimum atomic E-state index is -2.77. The SMILES string of the molecule is CCCC1CCC(c2ccc(-c3ccc(C(=O)Oc4cc(F)c(CC=CC(F)F)c(F)c4)c(F)c3)c(F)c2)OC1. The smallest absolute Gasteiger partial charge is 0.346 e.